The van der Waals surface area contributed by atoms with E-state index in [0.29, 0.717) is 5.69 Å². The van der Waals surface area contributed by atoms with E-state index in [1.807, 2.05) is 18.2 Å². The normalized spacial score (nSPS) is 16.8. The second-order valence-electron chi connectivity index (χ2n) is 7.44. The van der Waals surface area contributed by atoms with E-state index in [4.69, 9.17) is 4.74 Å². The minimum atomic E-state index is -0.604. The number of hydrogen-bond acceptors (Lipinski definition) is 6. The van der Waals surface area contributed by atoms with Gasteiger partial charge in [-0.3, -0.25) is 9.69 Å². The number of benzene rings is 2. The van der Waals surface area contributed by atoms with Gasteiger partial charge in [-0.05, 0) is 37.3 Å². The second-order valence-corrected chi connectivity index (χ2v) is 7.44. The van der Waals surface area contributed by atoms with Crippen LogP contribution in [0.25, 0.3) is 0 Å². The highest BCUT2D eigenvalue weighted by molar-refractivity contribution is 6.13. The maximum absolute atomic E-state index is 13.7. The summed E-state index contributed by atoms with van der Waals surface area (Å²) in [5.74, 6) is -1.52. The summed E-state index contributed by atoms with van der Waals surface area (Å²) in [6.07, 6.45) is 0. The van der Waals surface area contributed by atoms with Gasteiger partial charge in [0.1, 0.15) is 11.5 Å². The molecule has 1 fully saturated rings. The Morgan fingerprint density at radius 3 is 2.48 bits per heavy atom. The zero-order chi connectivity index (χ0) is 21.8. The van der Waals surface area contributed by atoms with Crippen molar-refractivity contribution < 1.29 is 18.7 Å². The van der Waals surface area contributed by atoms with Crippen LogP contribution in [0.15, 0.2) is 59.8 Å². The highest BCUT2D eigenvalue weighted by Crippen LogP contribution is 2.29. The summed E-state index contributed by atoms with van der Waals surface area (Å²) in [4.78, 5) is 30.1. The first-order valence-corrected chi connectivity index (χ1v) is 10.4. The smallest absolute Gasteiger partial charge is 0.355 e. The van der Waals surface area contributed by atoms with Crippen LogP contribution in [0.2, 0.25) is 0 Å². The Labute approximate surface area is 180 Å². The number of carbonyl (C=O) groups excluding carboxylic acids is 2. The number of fused-ring (bicyclic) bond motifs is 1. The summed E-state index contributed by atoms with van der Waals surface area (Å²) in [5.41, 5.74) is 2.27. The van der Waals surface area contributed by atoms with Crippen LogP contribution < -0.4 is 15.5 Å². The van der Waals surface area contributed by atoms with Crippen LogP contribution in [0.4, 0.5) is 21.5 Å². The van der Waals surface area contributed by atoms with Crippen LogP contribution in [0, 0.1) is 5.82 Å². The number of ether oxygens (including phenoxy) is 1. The molecule has 2 aromatic rings. The summed E-state index contributed by atoms with van der Waals surface area (Å²) < 4.78 is 18.9. The van der Waals surface area contributed by atoms with Gasteiger partial charge in [-0.25, -0.2) is 9.18 Å². The van der Waals surface area contributed by atoms with E-state index in [9.17, 15) is 14.0 Å². The SMILES string of the molecule is CCOC(=O)C1=C(CN2CCN(c3ccccc3)CC2)C(=O)Nc2cc(F)ccc2N1. The molecule has 0 aliphatic carbocycles. The molecule has 1 saturated heterocycles. The molecule has 0 radical (unpaired) electrons. The zero-order valence-electron chi connectivity index (χ0n) is 17.4. The quantitative estimate of drug-likeness (QED) is 0.719. The maximum Gasteiger partial charge on any atom is 0.355 e. The number of nitrogens with zero attached hydrogens (tertiary/aromatic N) is 2. The Morgan fingerprint density at radius 2 is 1.77 bits per heavy atom. The molecule has 2 aromatic carbocycles. The lowest BCUT2D eigenvalue weighted by Crippen LogP contribution is -2.47. The molecule has 162 valence electrons. The first-order valence-electron chi connectivity index (χ1n) is 10.4. The monoisotopic (exact) mass is 424 g/mol. The zero-order valence-corrected chi connectivity index (χ0v) is 17.4. The minimum Gasteiger partial charge on any atom is -0.461 e. The number of anilines is 3. The van der Waals surface area contributed by atoms with E-state index in [0.717, 1.165) is 26.2 Å². The second kappa shape index (κ2) is 9.18. The highest BCUT2D eigenvalue weighted by atomic mass is 19.1. The van der Waals surface area contributed by atoms with Crippen molar-refractivity contribution in [2.75, 3.05) is 54.9 Å². The van der Waals surface area contributed by atoms with E-state index < -0.39 is 17.7 Å². The average molecular weight is 424 g/mol. The van der Waals surface area contributed by atoms with Crippen LogP contribution in [-0.2, 0) is 14.3 Å². The van der Waals surface area contributed by atoms with Crippen LogP contribution in [-0.4, -0.2) is 56.1 Å². The van der Waals surface area contributed by atoms with Crippen molar-refractivity contribution in [3.05, 3.63) is 65.6 Å². The van der Waals surface area contributed by atoms with E-state index in [1.165, 1.54) is 23.9 Å². The van der Waals surface area contributed by atoms with Gasteiger partial charge in [0, 0.05) is 38.4 Å². The molecule has 2 aliphatic heterocycles. The molecule has 0 spiro atoms. The Kier molecular flexibility index (Phi) is 6.18. The van der Waals surface area contributed by atoms with Crippen molar-refractivity contribution in [2.24, 2.45) is 0 Å². The van der Waals surface area contributed by atoms with Crippen molar-refractivity contribution in [1.82, 2.24) is 4.90 Å². The fourth-order valence-corrected chi connectivity index (χ4v) is 3.81. The van der Waals surface area contributed by atoms with E-state index >= 15 is 0 Å². The van der Waals surface area contributed by atoms with Gasteiger partial charge < -0.3 is 20.3 Å². The lowest BCUT2D eigenvalue weighted by Gasteiger charge is -2.36. The fraction of sp³-hybridized carbons (Fsp3) is 0.304. The lowest BCUT2D eigenvalue weighted by atomic mass is 10.1. The first-order chi connectivity index (χ1) is 15.0. The number of halogens is 1. The molecule has 2 N–H and O–H groups in total. The van der Waals surface area contributed by atoms with Crippen molar-refractivity contribution in [3.8, 4) is 0 Å². The number of piperazine rings is 1. The third kappa shape index (κ3) is 4.69. The van der Waals surface area contributed by atoms with E-state index in [-0.39, 0.29) is 30.1 Å². The summed E-state index contributed by atoms with van der Waals surface area (Å²) in [6, 6.07) is 14.2. The van der Waals surface area contributed by atoms with Gasteiger partial charge in [0.15, 0.2) is 0 Å². The molecule has 8 heteroatoms. The van der Waals surface area contributed by atoms with Crippen molar-refractivity contribution in [2.45, 2.75) is 6.92 Å². The molecular weight excluding hydrogens is 399 g/mol. The Balaban J connectivity index is 1.54. The summed E-state index contributed by atoms with van der Waals surface area (Å²) in [7, 11) is 0. The molecule has 1 amide bonds. The standard InChI is InChI=1S/C23H25FN4O3/c1-2-31-23(30)21-18(22(29)26-20-14-16(24)8-9-19(20)25-21)15-27-10-12-28(13-11-27)17-6-4-3-5-7-17/h3-9,14,25H,2,10-13,15H2,1H3,(H,26,29). The lowest BCUT2D eigenvalue weighted by molar-refractivity contribution is -0.138. The Morgan fingerprint density at radius 1 is 1.03 bits per heavy atom. The van der Waals surface area contributed by atoms with E-state index in [2.05, 4.69) is 32.6 Å². The number of para-hydroxylation sites is 1. The molecule has 4 rings (SSSR count). The molecule has 0 aromatic heterocycles. The molecule has 2 aliphatic rings. The maximum atomic E-state index is 13.7. The summed E-state index contributed by atoms with van der Waals surface area (Å²) in [5, 5.41) is 5.71. The van der Waals surface area contributed by atoms with Gasteiger partial charge in [-0.15, -0.1) is 0 Å². The molecule has 0 bridgehead atoms. The molecular formula is C23H25FN4O3. The predicted molar refractivity (Wildman–Crippen MR) is 117 cm³/mol. The average Bonchev–Trinajstić information content (AvgIpc) is 2.91. The molecule has 2 heterocycles. The molecule has 0 saturated carbocycles. The molecule has 7 nitrogen and oxygen atoms in total. The number of amides is 1. The third-order valence-electron chi connectivity index (χ3n) is 5.42. The fourth-order valence-electron chi connectivity index (χ4n) is 3.81. The number of carbonyl (C=O) groups is 2. The van der Waals surface area contributed by atoms with Crippen LogP contribution >= 0.6 is 0 Å². The van der Waals surface area contributed by atoms with Crippen molar-refractivity contribution in [3.63, 3.8) is 0 Å². The van der Waals surface area contributed by atoms with Crippen molar-refractivity contribution >= 4 is 28.9 Å². The van der Waals surface area contributed by atoms with Gasteiger partial charge in [0.2, 0.25) is 0 Å². The highest BCUT2D eigenvalue weighted by Gasteiger charge is 2.29. The molecule has 0 unspecified atom stereocenters. The van der Waals surface area contributed by atoms with Crippen LogP contribution in [0.3, 0.4) is 0 Å². The van der Waals surface area contributed by atoms with Gasteiger partial charge in [0.05, 0.1) is 23.6 Å². The molecule has 31 heavy (non-hydrogen) atoms. The Hall–Kier alpha value is -3.39. The topological polar surface area (TPSA) is 73.9 Å². The predicted octanol–water partition coefficient (Wildman–Crippen LogP) is 2.83. The third-order valence-corrected chi connectivity index (χ3v) is 5.42. The number of esters is 1. The summed E-state index contributed by atoms with van der Waals surface area (Å²) in [6.45, 7) is 5.28. The minimum absolute atomic E-state index is 0.0928. The van der Waals surface area contributed by atoms with Crippen LogP contribution in [0.5, 0.6) is 0 Å². The summed E-state index contributed by atoms with van der Waals surface area (Å²) >= 11 is 0. The van der Waals surface area contributed by atoms with Gasteiger partial charge >= 0.3 is 5.97 Å². The number of rotatable bonds is 5. The number of nitrogens with one attached hydrogen (secondary N) is 2. The van der Waals surface area contributed by atoms with Gasteiger partial charge in [-0.2, -0.15) is 0 Å². The van der Waals surface area contributed by atoms with Gasteiger partial charge in [-0.1, -0.05) is 18.2 Å². The first kappa shape index (κ1) is 20.9. The van der Waals surface area contributed by atoms with Crippen LogP contribution in [0.1, 0.15) is 6.92 Å². The molecule has 0 atom stereocenters. The van der Waals surface area contributed by atoms with Gasteiger partial charge in [0.25, 0.3) is 5.91 Å². The van der Waals surface area contributed by atoms with E-state index in [1.54, 1.807) is 6.92 Å². The van der Waals surface area contributed by atoms with Crippen molar-refractivity contribution in [1.29, 1.82) is 0 Å². The Bertz CT molecular complexity index is 1000. The number of hydrogen-bond donors (Lipinski definition) is 2. The largest absolute Gasteiger partial charge is 0.461 e.